The topological polar surface area (TPSA) is 107 Å². The lowest BCUT2D eigenvalue weighted by Crippen LogP contribution is -2.22. The third-order valence-electron chi connectivity index (χ3n) is 4.70. The summed E-state index contributed by atoms with van der Waals surface area (Å²) >= 11 is 1.13. The molecule has 0 aliphatic heterocycles. The summed E-state index contributed by atoms with van der Waals surface area (Å²) in [4.78, 5) is 36.6. The van der Waals surface area contributed by atoms with E-state index in [1.807, 2.05) is 41.8 Å². The summed E-state index contributed by atoms with van der Waals surface area (Å²) in [7, 11) is 0. The molecule has 0 fully saturated rings. The van der Waals surface area contributed by atoms with E-state index < -0.39 is 17.6 Å². The highest BCUT2D eigenvalue weighted by Crippen LogP contribution is 2.22. The molecular formula is C22H18N4O3S. The van der Waals surface area contributed by atoms with Crippen LogP contribution in [0.3, 0.4) is 0 Å². The van der Waals surface area contributed by atoms with Crippen LogP contribution in [0.1, 0.15) is 37.7 Å². The van der Waals surface area contributed by atoms with Crippen molar-refractivity contribution >= 4 is 39.6 Å². The molecule has 0 saturated carbocycles. The molecule has 150 valence electrons. The first kappa shape index (κ1) is 19.5. The molecule has 7 nitrogen and oxygen atoms in total. The van der Waals surface area contributed by atoms with Gasteiger partial charge < -0.3 is 15.5 Å². The number of ketones is 1. The smallest absolute Gasteiger partial charge is 0.297 e. The van der Waals surface area contributed by atoms with E-state index in [1.165, 1.54) is 0 Å². The van der Waals surface area contributed by atoms with Gasteiger partial charge >= 0.3 is 0 Å². The van der Waals surface area contributed by atoms with E-state index in [-0.39, 0.29) is 0 Å². The zero-order valence-corrected chi connectivity index (χ0v) is 16.9. The summed E-state index contributed by atoms with van der Waals surface area (Å²) in [6.45, 7) is 1.82. The SMILES string of the molecule is Cc1cc(NC(=O)C(=O)c2cc(Cc3ccc(C(N)=O)cc3)n3ccccc23)sn1. The van der Waals surface area contributed by atoms with E-state index in [9.17, 15) is 14.4 Å². The Labute approximate surface area is 176 Å². The highest BCUT2D eigenvalue weighted by Gasteiger charge is 2.22. The summed E-state index contributed by atoms with van der Waals surface area (Å²) in [5.74, 6) is -1.79. The molecule has 0 radical (unpaired) electrons. The quantitative estimate of drug-likeness (QED) is 0.370. The van der Waals surface area contributed by atoms with E-state index in [4.69, 9.17) is 5.73 Å². The minimum Gasteiger partial charge on any atom is -0.366 e. The minimum atomic E-state index is -0.702. The van der Waals surface area contributed by atoms with Gasteiger partial charge in [-0.2, -0.15) is 4.37 Å². The second-order valence-electron chi connectivity index (χ2n) is 6.86. The maximum Gasteiger partial charge on any atom is 0.297 e. The molecule has 2 amide bonds. The predicted octanol–water partition coefficient (Wildman–Crippen LogP) is 3.22. The van der Waals surface area contributed by atoms with E-state index in [0.29, 0.717) is 28.1 Å². The first-order valence-electron chi connectivity index (χ1n) is 9.19. The number of nitrogens with one attached hydrogen (secondary N) is 1. The lowest BCUT2D eigenvalue weighted by Gasteiger charge is -2.04. The van der Waals surface area contributed by atoms with Gasteiger partial charge in [0, 0.05) is 23.9 Å². The molecule has 0 spiro atoms. The van der Waals surface area contributed by atoms with Crippen molar-refractivity contribution in [1.29, 1.82) is 0 Å². The number of pyridine rings is 1. The summed E-state index contributed by atoms with van der Waals surface area (Å²) in [5, 5.41) is 3.15. The van der Waals surface area contributed by atoms with Crippen molar-refractivity contribution in [2.75, 3.05) is 5.32 Å². The third kappa shape index (κ3) is 3.85. The zero-order chi connectivity index (χ0) is 21.3. The van der Waals surface area contributed by atoms with E-state index in [2.05, 4.69) is 9.69 Å². The van der Waals surface area contributed by atoms with E-state index >= 15 is 0 Å². The average molecular weight is 418 g/mol. The van der Waals surface area contributed by atoms with Gasteiger partial charge in [-0.3, -0.25) is 14.4 Å². The molecule has 0 saturated heterocycles. The Kier molecular flexibility index (Phi) is 5.16. The Morgan fingerprint density at radius 1 is 1.10 bits per heavy atom. The Hall–Kier alpha value is -3.78. The predicted molar refractivity (Wildman–Crippen MR) is 115 cm³/mol. The van der Waals surface area contributed by atoms with Crippen molar-refractivity contribution < 1.29 is 14.4 Å². The van der Waals surface area contributed by atoms with Crippen LogP contribution in [0.15, 0.2) is 60.8 Å². The number of anilines is 1. The Bertz CT molecular complexity index is 1270. The van der Waals surface area contributed by atoms with E-state index in [1.54, 1.807) is 30.3 Å². The molecule has 30 heavy (non-hydrogen) atoms. The fraction of sp³-hybridized carbons (Fsp3) is 0.0909. The Morgan fingerprint density at radius 2 is 1.87 bits per heavy atom. The number of fused-ring (bicyclic) bond motifs is 1. The van der Waals surface area contributed by atoms with Gasteiger partial charge in [0.25, 0.3) is 11.7 Å². The van der Waals surface area contributed by atoms with Crippen LogP contribution < -0.4 is 11.1 Å². The number of hydrogen-bond donors (Lipinski definition) is 2. The van der Waals surface area contributed by atoms with Crippen molar-refractivity contribution in [1.82, 2.24) is 8.77 Å². The lowest BCUT2D eigenvalue weighted by atomic mass is 10.1. The van der Waals surface area contributed by atoms with Crippen LogP contribution in [-0.2, 0) is 11.2 Å². The second-order valence-corrected chi connectivity index (χ2v) is 7.66. The molecule has 1 aromatic carbocycles. The van der Waals surface area contributed by atoms with Crippen molar-refractivity contribution in [2.24, 2.45) is 5.73 Å². The van der Waals surface area contributed by atoms with Gasteiger partial charge in [0.1, 0.15) is 5.00 Å². The van der Waals surface area contributed by atoms with Gasteiger partial charge in [-0.25, -0.2) is 0 Å². The van der Waals surface area contributed by atoms with Crippen LogP contribution in [0.4, 0.5) is 5.00 Å². The van der Waals surface area contributed by atoms with Crippen LogP contribution in [0.2, 0.25) is 0 Å². The summed E-state index contributed by atoms with van der Waals surface area (Å²) < 4.78 is 5.99. The number of primary amides is 1. The Morgan fingerprint density at radius 3 is 2.53 bits per heavy atom. The van der Waals surface area contributed by atoms with Gasteiger partial charge in [-0.1, -0.05) is 18.2 Å². The third-order valence-corrected chi connectivity index (χ3v) is 5.49. The fourth-order valence-corrected chi connectivity index (χ4v) is 3.91. The zero-order valence-electron chi connectivity index (χ0n) is 16.1. The molecule has 3 N–H and O–H groups in total. The number of hydrogen-bond acceptors (Lipinski definition) is 5. The summed E-state index contributed by atoms with van der Waals surface area (Å²) in [6, 6.07) is 15.9. The van der Waals surface area contributed by atoms with Gasteiger partial charge in [0.15, 0.2) is 0 Å². The molecule has 3 aromatic heterocycles. The first-order valence-corrected chi connectivity index (χ1v) is 9.96. The van der Waals surface area contributed by atoms with Gasteiger partial charge in [0.2, 0.25) is 5.91 Å². The average Bonchev–Trinajstić information content (AvgIpc) is 3.31. The molecular weight excluding hydrogens is 400 g/mol. The Balaban J connectivity index is 1.63. The molecule has 0 atom stereocenters. The number of nitrogens with two attached hydrogens (primary N) is 1. The van der Waals surface area contributed by atoms with Crippen LogP contribution in [0, 0.1) is 6.92 Å². The number of Topliss-reactive ketones (excluding diaryl/α,β-unsaturated/α-hetero) is 1. The maximum atomic E-state index is 12.9. The van der Waals surface area contributed by atoms with Crippen molar-refractivity contribution in [2.45, 2.75) is 13.3 Å². The molecule has 4 aromatic rings. The van der Waals surface area contributed by atoms with Crippen molar-refractivity contribution in [3.05, 3.63) is 88.9 Å². The molecule has 4 rings (SSSR count). The second kappa shape index (κ2) is 7.92. The van der Waals surface area contributed by atoms with Crippen LogP contribution >= 0.6 is 11.5 Å². The highest BCUT2D eigenvalue weighted by atomic mass is 32.1. The van der Waals surface area contributed by atoms with Crippen molar-refractivity contribution in [3.63, 3.8) is 0 Å². The number of rotatable bonds is 6. The number of carbonyl (C=O) groups excluding carboxylic acids is 3. The number of amides is 2. The van der Waals surface area contributed by atoms with Gasteiger partial charge in [-0.15, -0.1) is 0 Å². The molecule has 0 aliphatic rings. The number of aryl methyl sites for hydroxylation is 1. The monoisotopic (exact) mass is 418 g/mol. The largest absolute Gasteiger partial charge is 0.366 e. The molecule has 3 heterocycles. The minimum absolute atomic E-state index is 0.332. The molecule has 0 unspecified atom stereocenters. The first-order chi connectivity index (χ1) is 14.4. The van der Waals surface area contributed by atoms with Gasteiger partial charge in [0.05, 0.1) is 16.8 Å². The van der Waals surface area contributed by atoms with Crippen molar-refractivity contribution in [3.8, 4) is 0 Å². The highest BCUT2D eigenvalue weighted by molar-refractivity contribution is 7.10. The summed E-state index contributed by atoms with van der Waals surface area (Å²) in [6.07, 6.45) is 2.37. The number of benzene rings is 1. The molecule has 8 heteroatoms. The van der Waals surface area contributed by atoms with Gasteiger partial charge in [-0.05, 0) is 60.4 Å². The maximum absolute atomic E-state index is 12.9. The normalized spacial score (nSPS) is 10.8. The van der Waals surface area contributed by atoms with E-state index in [0.717, 1.165) is 28.5 Å². The lowest BCUT2D eigenvalue weighted by molar-refractivity contribution is -0.112. The van der Waals surface area contributed by atoms with Crippen LogP contribution in [-0.4, -0.2) is 26.4 Å². The standard InChI is InChI=1S/C22H18N4O3S/c1-13-10-19(30-25-13)24-22(29)20(27)17-12-16(26-9-3-2-4-18(17)26)11-14-5-7-15(8-6-14)21(23)28/h2-10,12H,11H2,1H3,(H2,23,28)(H,24,29). The fourth-order valence-electron chi connectivity index (χ4n) is 3.25. The number of nitrogens with zero attached hydrogens (tertiary/aromatic N) is 2. The molecule has 0 aliphatic carbocycles. The molecule has 0 bridgehead atoms. The number of carbonyl (C=O) groups is 3. The number of aromatic nitrogens is 2. The van der Waals surface area contributed by atoms with Crippen LogP contribution in [0.5, 0.6) is 0 Å². The summed E-state index contributed by atoms with van der Waals surface area (Å²) in [5.41, 5.74) is 9.29. The van der Waals surface area contributed by atoms with Crippen LogP contribution in [0.25, 0.3) is 5.52 Å².